The minimum atomic E-state index is -0.669. The van der Waals surface area contributed by atoms with E-state index < -0.39 is 17.9 Å². The van der Waals surface area contributed by atoms with E-state index in [0.717, 1.165) is 5.56 Å². The normalized spacial score (nSPS) is 20.0. The number of nitrogens with zero attached hydrogens (tertiary/aromatic N) is 4. The van der Waals surface area contributed by atoms with E-state index in [4.69, 9.17) is 9.47 Å². The maximum Gasteiger partial charge on any atom is 0.317 e. The van der Waals surface area contributed by atoms with Crippen molar-refractivity contribution in [3.63, 3.8) is 0 Å². The first-order valence-corrected chi connectivity index (χ1v) is 6.61. The molecule has 0 amide bonds. The number of nitrogens with one attached hydrogen (secondary N) is 1. The van der Waals surface area contributed by atoms with Crippen molar-refractivity contribution < 1.29 is 14.3 Å². The van der Waals surface area contributed by atoms with Crippen LogP contribution in [0, 0.1) is 5.92 Å². The number of para-hydroxylation sites is 1. The SMILES string of the molecule is C=C1Nc2nnnn2C(c2ccccc2OC)C1C(=O)OC. The van der Waals surface area contributed by atoms with E-state index in [1.54, 1.807) is 7.11 Å². The Morgan fingerprint density at radius 2 is 2.14 bits per heavy atom. The van der Waals surface area contributed by atoms with Gasteiger partial charge in [-0.25, -0.2) is 4.68 Å². The molecule has 1 aliphatic heterocycles. The molecule has 114 valence electrons. The Hall–Kier alpha value is -2.90. The third-order valence-electron chi connectivity index (χ3n) is 3.63. The average molecular weight is 301 g/mol. The topological polar surface area (TPSA) is 91.2 Å². The van der Waals surface area contributed by atoms with Crippen LogP contribution in [0.4, 0.5) is 5.95 Å². The van der Waals surface area contributed by atoms with E-state index in [2.05, 4.69) is 27.4 Å². The van der Waals surface area contributed by atoms with Crippen molar-refractivity contribution in [2.45, 2.75) is 6.04 Å². The van der Waals surface area contributed by atoms with Gasteiger partial charge in [0.1, 0.15) is 17.7 Å². The molecule has 1 aromatic heterocycles. The van der Waals surface area contributed by atoms with Crippen LogP contribution >= 0.6 is 0 Å². The Morgan fingerprint density at radius 1 is 1.36 bits per heavy atom. The predicted molar refractivity (Wildman–Crippen MR) is 77.2 cm³/mol. The molecule has 0 radical (unpaired) electrons. The lowest BCUT2D eigenvalue weighted by Crippen LogP contribution is -2.37. The maximum absolute atomic E-state index is 12.2. The monoisotopic (exact) mass is 301 g/mol. The summed E-state index contributed by atoms with van der Waals surface area (Å²) in [6.45, 7) is 3.91. The van der Waals surface area contributed by atoms with Crippen molar-refractivity contribution in [3.05, 3.63) is 42.1 Å². The molecular formula is C14H15N5O3. The highest BCUT2D eigenvalue weighted by Gasteiger charge is 2.41. The first-order valence-electron chi connectivity index (χ1n) is 6.61. The van der Waals surface area contributed by atoms with Gasteiger partial charge in [0.05, 0.1) is 14.2 Å². The maximum atomic E-state index is 12.2. The van der Waals surface area contributed by atoms with Crippen LogP contribution < -0.4 is 10.1 Å². The highest BCUT2D eigenvalue weighted by atomic mass is 16.5. The Morgan fingerprint density at radius 3 is 2.86 bits per heavy atom. The number of hydrogen-bond acceptors (Lipinski definition) is 7. The van der Waals surface area contributed by atoms with E-state index in [0.29, 0.717) is 17.4 Å². The van der Waals surface area contributed by atoms with Crippen molar-refractivity contribution in [3.8, 4) is 5.75 Å². The molecule has 3 rings (SSSR count). The van der Waals surface area contributed by atoms with Crippen LogP contribution in [0.25, 0.3) is 0 Å². The summed E-state index contributed by atoms with van der Waals surface area (Å²) in [6, 6.07) is 6.90. The highest BCUT2D eigenvalue weighted by molar-refractivity contribution is 5.79. The largest absolute Gasteiger partial charge is 0.496 e. The fourth-order valence-electron chi connectivity index (χ4n) is 2.64. The second-order valence-corrected chi connectivity index (χ2v) is 4.78. The van der Waals surface area contributed by atoms with E-state index >= 15 is 0 Å². The minimum absolute atomic E-state index is 0.418. The Balaban J connectivity index is 2.19. The number of aromatic nitrogens is 4. The van der Waals surface area contributed by atoms with Gasteiger partial charge in [-0.3, -0.25) is 4.79 Å². The summed E-state index contributed by atoms with van der Waals surface area (Å²) >= 11 is 0. The van der Waals surface area contributed by atoms with Gasteiger partial charge in [0.15, 0.2) is 0 Å². The smallest absolute Gasteiger partial charge is 0.317 e. The van der Waals surface area contributed by atoms with Gasteiger partial charge in [-0.1, -0.05) is 29.9 Å². The van der Waals surface area contributed by atoms with Crippen molar-refractivity contribution in [2.75, 3.05) is 19.5 Å². The second-order valence-electron chi connectivity index (χ2n) is 4.78. The van der Waals surface area contributed by atoms with Crippen LogP contribution in [0.2, 0.25) is 0 Å². The Bertz CT molecular complexity index is 727. The van der Waals surface area contributed by atoms with Gasteiger partial charge in [0, 0.05) is 11.3 Å². The van der Waals surface area contributed by atoms with Gasteiger partial charge < -0.3 is 14.8 Å². The van der Waals surface area contributed by atoms with Crippen molar-refractivity contribution in [2.24, 2.45) is 5.92 Å². The fraction of sp³-hybridized carbons (Fsp3) is 0.286. The number of tetrazole rings is 1. The van der Waals surface area contributed by atoms with Crippen molar-refractivity contribution in [1.82, 2.24) is 20.2 Å². The molecule has 1 aliphatic rings. The Kier molecular flexibility index (Phi) is 3.50. The number of carbonyl (C=O) groups is 1. The lowest BCUT2D eigenvalue weighted by molar-refractivity contribution is -0.145. The molecule has 0 fully saturated rings. The van der Waals surface area contributed by atoms with E-state index in [1.165, 1.54) is 11.8 Å². The first-order chi connectivity index (χ1) is 10.7. The summed E-state index contributed by atoms with van der Waals surface area (Å²) in [6.07, 6.45) is 0. The van der Waals surface area contributed by atoms with Gasteiger partial charge >= 0.3 is 5.97 Å². The van der Waals surface area contributed by atoms with Crippen LogP contribution in [0.5, 0.6) is 5.75 Å². The van der Waals surface area contributed by atoms with Crippen LogP contribution in [-0.4, -0.2) is 40.4 Å². The molecule has 8 heteroatoms. The molecule has 1 aromatic carbocycles. The predicted octanol–water partition coefficient (Wildman–Crippen LogP) is 0.999. The molecule has 0 bridgehead atoms. The fourth-order valence-corrected chi connectivity index (χ4v) is 2.64. The van der Waals surface area contributed by atoms with Crippen LogP contribution in [0.1, 0.15) is 11.6 Å². The number of rotatable bonds is 3. The summed E-state index contributed by atoms with van der Waals surface area (Å²) in [7, 11) is 2.91. The van der Waals surface area contributed by atoms with Crippen molar-refractivity contribution in [1.29, 1.82) is 0 Å². The molecule has 0 spiro atoms. The number of hydrogen-bond donors (Lipinski definition) is 1. The highest BCUT2D eigenvalue weighted by Crippen LogP contribution is 2.40. The zero-order chi connectivity index (χ0) is 15.7. The molecule has 8 nitrogen and oxygen atoms in total. The summed E-state index contributed by atoms with van der Waals surface area (Å²) in [5.41, 5.74) is 1.25. The molecule has 0 saturated carbocycles. The molecular weight excluding hydrogens is 286 g/mol. The van der Waals surface area contributed by atoms with Crippen LogP contribution in [0.15, 0.2) is 36.5 Å². The van der Waals surface area contributed by atoms with Crippen LogP contribution in [-0.2, 0) is 9.53 Å². The number of anilines is 1. The molecule has 2 aromatic rings. The summed E-state index contributed by atoms with van der Waals surface area (Å²) in [4.78, 5) is 12.2. The first kappa shape index (κ1) is 14.1. The molecule has 22 heavy (non-hydrogen) atoms. The summed E-state index contributed by atoms with van der Waals surface area (Å²) in [5.74, 6) is -0.0366. The number of methoxy groups -OCH3 is 2. The lowest BCUT2D eigenvalue weighted by Gasteiger charge is -2.32. The second kappa shape index (κ2) is 5.47. The molecule has 2 atom stereocenters. The lowest BCUT2D eigenvalue weighted by atomic mass is 9.89. The number of benzene rings is 1. The number of ether oxygens (including phenoxy) is 2. The summed E-state index contributed by atoms with van der Waals surface area (Å²) in [5, 5.41) is 14.5. The van der Waals surface area contributed by atoms with E-state index in [-0.39, 0.29) is 0 Å². The minimum Gasteiger partial charge on any atom is -0.496 e. The molecule has 0 saturated heterocycles. The molecule has 2 unspecified atom stereocenters. The molecule has 1 N–H and O–H groups in total. The van der Waals surface area contributed by atoms with Gasteiger partial charge in [-0.2, -0.15) is 0 Å². The third kappa shape index (κ3) is 2.09. The zero-order valence-corrected chi connectivity index (χ0v) is 12.2. The zero-order valence-electron chi connectivity index (χ0n) is 12.2. The van der Waals surface area contributed by atoms with Crippen LogP contribution in [0.3, 0.4) is 0 Å². The standard InChI is InChI=1S/C14H15N5O3/c1-8-11(13(20)22-3)12(19-14(15-8)16-17-18-19)9-6-4-5-7-10(9)21-2/h4-7,11-12H,1H2,2-3H3,(H,15,16,18). The van der Waals surface area contributed by atoms with E-state index in [1.807, 2.05) is 24.3 Å². The van der Waals surface area contributed by atoms with Gasteiger partial charge in [0.2, 0.25) is 5.95 Å². The summed E-state index contributed by atoms with van der Waals surface area (Å²) < 4.78 is 11.9. The number of fused-ring (bicyclic) bond motifs is 1. The van der Waals surface area contributed by atoms with Gasteiger partial charge in [0.25, 0.3) is 0 Å². The average Bonchev–Trinajstić information content (AvgIpc) is 3.00. The van der Waals surface area contributed by atoms with E-state index in [9.17, 15) is 4.79 Å². The molecule has 2 heterocycles. The van der Waals surface area contributed by atoms with Gasteiger partial charge in [-0.15, -0.1) is 0 Å². The number of esters is 1. The molecule has 0 aliphatic carbocycles. The quantitative estimate of drug-likeness (QED) is 0.845. The third-order valence-corrected chi connectivity index (χ3v) is 3.63. The van der Waals surface area contributed by atoms with Crippen molar-refractivity contribution >= 4 is 11.9 Å². The number of carbonyl (C=O) groups excluding carboxylic acids is 1. The van der Waals surface area contributed by atoms with Gasteiger partial charge in [-0.05, 0) is 16.5 Å². The Labute approximate surface area is 126 Å².